The number of aryl methyl sites for hydroxylation is 1. The number of sulfone groups is 1. The second kappa shape index (κ2) is 19.8. The summed E-state index contributed by atoms with van der Waals surface area (Å²) >= 11 is 0. The quantitative estimate of drug-likeness (QED) is 0.0719. The van der Waals surface area contributed by atoms with Crippen LogP contribution in [0.1, 0.15) is 112 Å². The number of nitrogens with zero attached hydrogens (tertiary/aromatic N) is 1. The molecular formula is C46H68N2O8SSi. The first-order chi connectivity index (χ1) is 26.9. The summed E-state index contributed by atoms with van der Waals surface area (Å²) in [6, 6.07) is 27.2. The van der Waals surface area contributed by atoms with Gasteiger partial charge in [-0.15, -0.1) is 0 Å². The molecule has 0 spiro atoms. The van der Waals surface area contributed by atoms with Crippen molar-refractivity contribution in [1.29, 1.82) is 0 Å². The second-order valence-electron chi connectivity index (χ2n) is 18.5. The zero-order valence-electron chi connectivity index (χ0n) is 36.7. The molecule has 0 aliphatic rings. The van der Waals surface area contributed by atoms with Gasteiger partial charge >= 0.3 is 12.1 Å². The molecule has 2 N–H and O–H groups in total. The van der Waals surface area contributed by atoms with E-state index in [0.29, 0.717) is 44.9 Å². The Labute approximate surface area is 349 Å². The van der Waals surface area contributed by atoms with Crippen molar-refractivity contribution in [3.63, 3.8) is 0 Å². The molecule has 0 saturated carbocycles. The van der Waals surface area contributed by atoms with E-state index < -0.39 is 51.6 Å². The molecule has 58 heavy (non-hydrogen) atoms. The minimum atomic E-state index is -3.47. The van der Waals surface area contributed by atoms with E-state index in [9.17, 15) is 27.6 Å². The normalized spacial score (nSPS) is 14.2. The Balaban J connectivity index is 1.75. The molecule has 3 aromatic rings. The van der Waals surface area contributed by atoms with Gasteiger partial charge in [0.1, 0.15) is 5.60 Å². The van der Waals surface area contributed by atoms with Crippen molar-refractivity contribution >= 4 is 46.5 Å². The van der Waals surface area contributed by atoms with Gasteiger partial charge in [0.15, 0.2) is 9.84 Å². The Bertz CT molecular complexity index is 1890. The van der Waals surface area contributed by atoms with Crippen LogP contribution in [0, 0.1) is 11.3 Å². The van der Waals surface area contributed by atoms with Gasteiger partial charge in [0, 0.05) is 7.05 Å². The van der Waals surface area contributed by atoms with Gasteiger partial charge < -0.3 is 14.3 Å². The number of benzene rings is 3. The van der Waals surface area contributed by atoms with Crippen molar-refractivity contribution in [2.24, 2.45) is 11.3 Å². The molecule has 10 nitrogen and oxygen atoms in total. The van der Waals surface area contributed by atoms with Gasteiger partial charge in [0.2, 0.25) is 5.91 Å². The molecule has 0 heterocycles. The monoisotopic (exact) mass is 836 g/mol. The first-order valence-corrected chi connectivity index (χ1v) is 24.1. The summed E-state index contributed by atoms with van der Waals surface area (Å²) in [5, 5.41) is 2.29. The lowest BCUT2D eigenvalue weighted by Gasteiger charge is -2.41. The number of methoxy groups -OCH3 is 1. The van der Waals surface area contributed by atoms with Gasteiger partial charge in [-0.2, -0.15) is 0 Å². The molecule has 12 heteroatoms. The molecule has 0 aromatic heterocycles. The van der Waals surface area contributed by atoms with Crippen molar-refractivity contribution in [2.75, 3.05) is 25.7 Å². The maximum atomic E-state index is 14.2. The summed E-state index contributed by atoms with van der Waals surface area (Å²) in [6.07, 6.45) is 2.87. The zero-order valence-corrected chi connectivity index (χ0v) is 38.5. The Kier molecular flexibility index (Phi) is 16.5. The molecule has 2 amide bonds. The maximum absolute atomic E-state index is 14.2. The van der Waals surface area contributed by atoms with Crippen LogP contribution in [0.5, 0.6) is 0 Å². The molecule has 0 fully saturated rings. The van der Waals surface area contributed by atoms with Crippen molar-refractivity contribution in [3.8, 4) is 0 Å². The summed E-state index contributed by atoms with van der Waals surface area (Å²) < 4.78 is 37.8. The van der Waals surface area contributed by atoms with Crippen molar-refractivity contribution in [1.82, 2.24) is 10.4 Å². The summed E-state index contributed by atoms with van der Waals surface area (Å²) in [7, 11) is -3.93. The Hall–Kier alpha value is -4.00. The summed E-state index contributed by atoms with van der Waals surface area (Å²) in [4.78, 5) is 51.5. The zero-order chi connectivity index (χ0) is 43.6. The number of esters is 1. The molecule has 0 aliphatic heterocycles. The highest BCUT2D eigenvalue weighted by molar-refractivity contribution is 7.91. The van der Waals surface area contributed by atoms with E-state index in [1.165, 1.54) is 14.2 Å². The highest BCUT2D eigenvalue weighted by atomic mass is 32.2. The fraction of sp³-hybridized carbons (Fsp3) is 0.543. The molecule has 0 bridgehead atoms. The Morgan fingerprint density at radius 3 is 1.91 bits per heavy atom. The second-order valence-corrected chi connectivity index (χ2v) is 24.6. The third kappa shape index (κ3) is 13.3. The number of carbonyl (C=O) groups excluding carboxylic acids is 3. The average Bonchev–Trinajstić information content (AvgIpc) is 3.15. The maximum Gasteiger partial charge on any atom is 0.428 e. The lowest BCUT2D eigenvalue weighted by molar-refractivity contribution is -0.145. The SMILES string of the molecule is COC(=O)C(C)CCc1cccc(C(C)(CCCC(C)(C)CS(=O)(=O)CCCC(C)(C)[Si](O)(c2ccccc2)c2ccccc2)C(=O)NN(C)C(=O)OC(C)(C)C)c1. The largest absolute Gasteiger partial charge is 0.469 e. The minimum absolute atomic E-state index is 0.00638. The van der Waals surface area contributed by atoms with E-state index in [2.05, 4.69) is 5.43 Å². The van der Waals surface area contributed by atoms with Gasteiger partial charge in [0.25, 0.3) is 8.32 Å². The molecule has 0 saturated heterocycles. The van der Waals surface area contributed by atoms with Crippen LogP contribution in [0.2, 0.25) is 5.04 Å². The highest BCUT2D eigenvalue weighted by Gasteiger charge is 2.49. The average molecular weight is 837 g/mol. The van der Waals surface area contributed by atoms with Crippen molar-refractivity contribution < 1.29 is 37.1 Å². The van der Waals surface area contributed by atoms with E-state index in [1.54, 1.807) is 20.8 Å². The number of ether oxygens (including phenoxy) is 2. The fourth-order valence-electron chi connectivity index (χ4n) is 7.69. The Morgan fingerprint density at radius 1 is 0.810 bits per heavy atom. The third-order valence-corrected chi connectivity index (χ3v) is 17.9. The lowest BCUT2D eigenvalue weighted by Crippen LogP contribution is -2.65. The number of hydrogen-bond donors (Lipinski definition) is 2. The van der Waals surface area contributed by atoms with Crippen LogP contribution >= 0.6 is 0 Å². The smallest absolute Gasteiger partial charge is 0.428 e. The van der Waals surface area contributed by atoms with Crippen LogP contribution in [0.3, 0.4) is 0 Å². The predicted molar refractivity (Wildman–Crippen MR) is 235 cm³/mol. The van der Waals surface area contributed by atoms with Crippen LogP contribution in [0.4, 0.5) is 4.79 Å². The predicted octanol–water partition coefficient (Wildman–Crippen LogP) is 7.51. The van der Waals surface area contributed by atoms with Gasteiger partial charge in [-0.05, 0) is 98.2 Å². The first kappa shape index (κ1) is 48.4. The van der Waals surface area contributed by atoms with E-state index in [-0.39, 0.29) is 23.4 Å². The lowest BCUT2D eigenvalue weighted by atomic mass is 9.75. The fourth-order valence-corrected chi connectivity index (χ4v) is 13.5. The number of nitrogens with one attached hydrogen (secondary N) is 1. The standard InChI is InChI=1S/C46H68N2O8SSi/c1-35(40(49)55-11)27-28-36-21-18-22-37(33-36)46(9,41(50)47-48(10)42(51)56-43(2,3)4)31-19-29-44(5,6)34-57(52,53)32-20-30-45(7,8)58(54,38-23-14-12-15-24-38)39-25-16-13-17-26-39/h12-18,21-26,33,35,54H,19-20,27-32,34H2,1-11H3,(H,47,50). The van der Waals surface area contributed by atoms with Gasteiger partial charge in [-0.3, -0.25) is 15.0 Å². The highest BCUT2D eigenvalue weighted by Crippen LogP contribution is 2.40. The topological polar surface area (TPSA) is 139 Å². The minimum Gasteiger partial charge on any atom is -0.469 e. The number of rotatable bonds is 19. The molecule has 3 aromatic carbocycles. The van der Waals surface area contributed by atoms with Gasteiger partial charge in [-0.25, -0.2) is 18.2 Å². The molecule has 0 aliphatic carbocycles. The summed E-state index contributed by atoms with van der Waals surface area (Å²) in [5.74, 6) is -0.976. The van der Waals surface area contributed by atoms with Crippen LogP contribution in [-0.2, 0) is 40.7 Å². The van der Waals surface area contributed by atoms with Gasteiger partial charge in [-0.1, -0.05) is 126 Å². The van der Waals surface area contributed by atoms with E-state index in [0.717, 1.165) is 26.5 Å². The molecule has 320 valence electrons. The summed E-state index contributed by atoms with van der Waals surface area (Å²) in [5.41, 5.74) is 1.99. The third-order valence-electron chi connectivity index (χ3n) is 11.2. The molecular weight excluding hydrogens is 769 g/mol. The molecule has 2 atom stereocenters. The van der Waals surface area contributed by atoms with Crippen LogP contribution < -0.4 is 15.8 Å². The van der Waals surface area contributed by atoms with Crippen molar-refractivity contribution in [2.45, 2.75) is 123 Å². The van der Waals surface area contributed by atoms with Crippen LogP contribution in [0.15, 0.2) is 84.9 Å². The molecule has 2 unspecified atom stereocenters. The molecule has 3 rings (SSSR count). The number of hydrogen-bond acceptors (Lipinski definition) is 8. The number of carbonyl (C=O) groups is 3. The summed E-state index contributed by atoms with van der Waals surface area (Å²) in [6.45, 7) is 16.9. The van der Waals surface area contributed by atoms with Gasteiger partial charge in [0.05, 0.1) is 29.9 Å². The van der Waals surface area contributed by atoms with E-state index in [1.807, 2.05) is 126 Å². The van der Waals surface area contributed by atoms with E-state index >= 15 is 0 Å². The first-order valence-electron chi connectivity index (χ1n) is 20.3. The van der Waals surface area contributed by atoms with Crippen molar-refractivity contribution in [3.05, 3.63) is 96.1 Å². The number of amides is 2. The molecule has 0 radical (unpaired) electrons. The van der Waals surface area contributed by atoms with Crippen LogP contribution in [-0.4, -0.2) is 75.8 Å². The number of hydrazine groups is 1. The van der Waals surface area contributed by atoms with E-state index in [4.69, 9.17) is 9.47 Å². The van der Waals surface area contributed by atoms with Crippen LogP contribution in [0.25, 0.3) is 0 Å². The Morgan fingerprint density at radius 2 is 1.38 bits per heavy atom.